The second-order valence-electron chi connectivity index (χ2n) is 4.41. The van der Waals surface area contributed by atoms with Crippen molar-refractivity contribution in [3.63, 3.8) is 0 Å². The number of rotatable bonds is 5. The molecular weight excluding hydrogens is 329 g/mol. The van der Waals surface area contributed by atoms with Crippen LogP contribution in [0.15, 0.2) is 36.2 Å². The maximum absolute atomic E-state index is 12.5. The molecule has 8 heteroatoms. The number of hydrogen-bond donors (Lipinski definition) is 1. The summed E-state index contributed by atoms with van der Waals surface area (Å²) >= 11 is 5.38. The molecule has 0 bridgehead atoms. The van der Waals surface area contributed by atoms with Crippen LogP contribution in [0.1, 0.15) is 13.8 Å². The third-order valence-corrected chi connectivity index (χ3v) is 3.36. The van der Waals surface area contributed by atoms with Gasteiger partial charge in [0.05, 0.1) is 6.61 Å². The summed E-state index contributed by atoms with van der Waals surface area (Å²) in [5.74, 6) is 0.282. The van der Waals surface area contributed by atoms with Crippen molar-refractivity contribution in [2.45, 2.75) is 20.1 Å². The number of pyridine rings is 1. The van der Waals surface area contributed by atoms with Gasteiger partial charge in [0.1, 0.15) is 11.5 Å². The van der Waals surface area contributed by atoms with E-state index in [0.717, 1.165) is 0 Å². The summed E-state index contributed by atoms with van der Waals surface area (Å²) in [6.07, 6.45) is 2.47. The van der Waals surface area contributed by atoms with E-state index in [1.54, 1.807) is 42.3 Å². The Bertz CT molecular complexity index is 566. The number of anilines is 1. The molecule has 1 aromatic rings. The zero-order valence-electron chi connectivity index (χ0n) is 12.9. The van der Waals surface area contributed by atoms with E-state index in [2.05, 4.69) is 4.98 Å². The summed E-state index contributed by atoms with van der Waals surface area (Å²) in [4.78, 5) is 19.7. The summed E-state index contributed by atoms with van der Waals surface area (Å²) < 4.78 is 5.10. The first-order chi connectivity index (χ1) is 10.1. The van der Waals surface area contributed by atoms with Crippen LogP contribution in [0.5, 0.6) is 0 Å². The number of nitrogens with zero attached hydrogens (tertiary/aromatic N) is 3. The average Bonchev–Trinajstić information content (AvgIpc) is 2.70. The van der Waals surface area contributed by atoms with E-state index in [1.807, 2.05) is 0 Å². The molecule has 1 atom stereocenters. The third-order valence-electron chi connectivity index (χ3n) is 2.96. The Morgan fingerprint density at radius 2 is 2.23 bits per heavy atom. The number of carbonyl (C=O) groups excluding carboxylic acids is 1. The van der Waals surface area contributed by atoms with E-state index in [1.165, 1.54) is 11.8 Å². The van der Waals surface area contributed by atoms with Crippen LogP contribution in [-0.4, -0.2) is 96.8 Å². The van der Waals surface area contributed by atoms with Gasteiger partial charge in [-0.05, 0) is 38.2 Å². The molecule has 1 aromatic heterocycles. The normalized spacial score (nSPS) is 17.9. The molecule has 2 heterocycles. The molecule has 2 rings (SSSR count). The number of aliphatic hydroxyl groups is 1. The molecule has 1 saturated heterocycles. The van der Waals surface area contributed by atoms with Crippen LogP contribution in [-0.2, 0) is 9.53 Å². The molecule has 0 saturated carbocycles. The number of allylic oxidation sites excluding steroid dienone is 1. The number of amides is 1. The van der Waals surface area contributed by atoms with E-state index in [0.29, 0.717) is 23.2 Å². The minimum atomic E-state index is -0.849. The van der Waals surface area contributed by atoms with Crippen molar-refractivity contribution < 1.29 is 14.6 Å². The monoisotopic (exact) mass is 346 g/mol. The zero-order chi connectivity index (χ0) is 15.4. The van der Waals surface area contributed by atoms with Crippen LogP contribution in [0.25, 0.3) is 0 Å². The van der Waals surface area contributed by atoms with Gasteiger partial charge >= 0.3 is 0 Å². The Morgan fingerprint density at radius 3 is 2.77 bits per heavy atom. The molecule has 1 amide bonds. The molecular formula is C14H17KN3O3S. The van der Waals surface area contributed by atoms with E-state index < -0.39 is 6.29 Å². The molecule has 1 N–H and O–H groups in total. The topological polar surface area (TPSA) is 65.9 Å². The minimum Gasteiger partial charge on any atom is -0.368 e. The maximum atomic E-state index is 12.5. The van der Waals surface area contributed by atoms with Crippen LogP contribution in [0.3, 0.4) is 0 Å². The van der Waals surface area contributed by atoms with Gasteiger partial charge in [-0.25, -0.2) is 9.88 Å². The number of thiocarbonyl (C=S) groups is 1. The summed E-state index contributed by atoms with van der Waals surface area (Å²) in [6.45, 7) is 3.96. The van der Waals surface area contributed by atoms with Gasteiger partial charge in [0.25, 0.3) is 5.91 Å². The van der Waals surface area contributed by atoms with Crippen LogP contribution in [0.4, 0.5) is 5.82 Å². The van der Waals surface area contributed by atoms with Crippen molar-refractivity contribution >= 4 is 80.4 Å². The fourth-order valence-electron chi connectivity index (χ4n) is 2.04. The van der Waals surface area contributed by atoms with Gasteiger partial charge in [0.2, 0.25) is 0 Å². The van der Waals surface area contributed by atoms with Crippen molar-refractivity contribution in [3.05, 3.63) is 36.2 Å². The van der Waals surface area contributed by atoms with Gasteiger partial charge in [0, 0.05) is 64.1 Å². The first-order valence-electron chi connectivity index (χ1n) is 6.59. The molecule has 1 aliphatic heterocycles. The Kier molecular flexibility index (Phi) is 8.29. The molecule has 1 aliphatic rings. The van der Waals surface area contributed by atoms with E-state index in [-0.39, 0.29) is 63.9 Å². The number of carbonyl (C=O) groups is 1. The van der Waals surface area contributed by atoms with Gasteiger partial charge in [-0.1, -0.05) is 12.1 Å². The SMILES string of the molecule is CC=C1C(=O)N(c2ccccn2)C(=S)N1CCOC(C)O.[K]. The van der Waals surface area contributed by atoms with Crippen molar-refractivity contribution in [2.24, 2.45) is 0 Å². The molecule has 0 aromatic carbocycles. The molecule has 113 valence electrons. The second-order valence-corrected chi connectivity index (χ2v) is 4.77. The summed E-state index contributed by atoms with van der Waals surface area (Å²) in [7, 11) is 0. The fourth-order valence-corrected chi connectivity index (χ4v) is 2.40. The van der Waals surface area contributed by atoms with Crippen molar-refractivity contribution in [1.82, 2.24) is 9.88 Å². The number of hydrogen-bond acceptors (Lipinski definition) is 5. The van der Waals surface area contributed by atoms with Crippen LogP contribution >= 0.6 is 12.2 Å². The number of ether oxygens (including phenoxy) is 1. The number of aromatic nitrogens is 1. The van der Waals surface area contributed by atoms with E-state index in [4.69, 9.17) is 22.1 Å². The Hall–Kier alpha value is -0.194. The van der Waals surface area contributed by atoms with Crippen molar-refractivity contribution in [1.29, 1.82) is 0 Å². The van der Waals surface area contributed by atoms with Crippen molar-refractivity contribution in [3.8, 4) is 0 Å². The minimum absolute atomic E-state index is 0. The standard InChI is InChI=1S/C14H17N3O3S.K/c1-3-11-13(19)17(12-6-4-5-7-15-12)14(21)16(11)8-9-20-10(2)18;/h3-7,10,18H,8-9H2,1-2H3;. The quantitative estimate of drug-likeness (QED) is 0.370. The predicted molar refractivity (Wildman–Crippen MR) is 88.2 cm³/mol. The Balaban J connectivity index is 0.00000242. The Labute approximate surface area is 177 Å². The molecule has 0 spiro atoms. The summed E-state index contributed by atoms with van der Waals surface area (Å²) in [6, 6.07) is 5.30. The summed E-state index contributed by atoms with van der Waals surface area (Å²) in [5, 5.41) is 9.48. The van der Waals surface area contributed by atoms with Gasteiger partial charge in [-0.3, -0.25) is 4.79 Å². The van der Waals surface area contributed by atoms with Crippen LogP contribution in [0.2, 0.25) is 0 Å². The first kappa shape index (κ1) is 19.9. The molecule has 0 aliphatic carbocycles. The van der Waals surface area contributed by atoms with Gasteiger partial charge in [0.15, 0.2) is 11.4 Å². The van der Waals surface area contributed by atoms with Crippen LogP contribution in [0, 0.1) is 0 Å². The average molecular weight is 346 g/mol. The van der Waals surface area contributed by atoms with Gasteiger partial charge < -0.3 is 14.7 Å². The largest absolute Gasteiger partial charge is 0.368 e. The molecule has 1 fully saturated rings. The van der Waals surface area contributed by atoms with Gasteiger partial charge in [-0.2, -0.15) is 0 Å². The van der Waals surface area contributed by atoms with Crippen molar-refractivity contribution in [2.75, 3.05) is 18.1 Å². The first-order valence-corrected chi connectivity index (χ1v) is 7.00. The molecule has 22 heavy (non-hydrogen) atoms. The third kappa shape index (κ3) is 4.42. The summed E-state index contributed by atoms with van der Waals surface area (Å²) in [5.41, 5.74) is 0.486. The number of aliphatic hydroxyl groups excluding tert-OH is 1. The van der Waals surface area contributed by atoms with Gasteiger partial charge in [-0.15, -0.1) is 0 Å². The Morgan fingerprint density at radius 1 is 1.50 bits per heavy atom. The molecule has 6 nitrogen and oxygen atoms in total. The van der Waals surface area contributed by atoms with E-state index >= 15 is 0 Å². The second kappa shape index (κ2) is 9.19. The fraction of sp³-hybridized carbons (Fsp3) is 0.357. The smallest absolute Gasteiger partial charge is 0.282 e. The predicted octanol–water partition coefficient (Wildman–Crippen LogP) is 0.893. The van der Waals surface area contributed by atoms with Crippen LogP contribution < -0.4 is 4.90 Å². The van der Waals surface area contributed by atoms with E-state index in [9.17, 15) is 4.79 Å². The molecule has 1 radical (unpaired) electrons. The zero-order valence-corrected chi connectivity index (χ0v) is 16.8. The molecule has 1 unspecified atom stereocenters. The maximum Gasteiger partial charge on any atom is 0.282 e.